The predicted molar refractivity (Wildman–Crippen MR) is 110 cm³/mol. The average molecular weight is 408 g/mol. The summed E-state index contributed by atoms with van der Waals surface area (Å²) in [6.45, 7) is 2.24. The summed E-state index contributed by atoms with van der Waals surface area (Å²) < 4.78 is 20.8. The van der Waals surface area contributed by atoms with Crippen LogP contribution in [-0.4, -0.2) is 27.3 Å². The lowest BCUT2D eigenvalue weighted by atomic mass is 10.2. The van der Waals surface area contributed by atoms with Crippen LogP contribution in [0.15, 0.2) is 66.0 Å². The quantitative estimate of drug-likeness (QED) is 0.498. The number of thiophene rings is 1. The summed E-state index contributed by atoms with van der Waals surface area (Å²) in [5, 5.41) is 9.12. The van der Waals surface area contributed by atoms with E-state index in [1.165, 1.54) is 23.5 Å². The zero-order valence-electron chi connectivity index (χ0n) is 15.5. The molecule has 0 fully saturated rings. The van der Waals surface area contributed by atoms with Crippen molar-refractivity contribution in [2.75, 3.05) is 11.9 Å². The second kappa shape index (κ2) is 8.24. The summed E-state index contributed by atoms with van der Waals surface area (Å²) in [6, 6.07) is 17.1. The van der Waals surface area contributed by atoms with Gasteiger partial charge >= 0.3 is 6.01 Å². The van der Waals surface area contributed by atoms with E-state index in [2.05, 4.69) is 15.4 Å². The third-order valence-corrected chi connectivity index (χ3v) is 4.91. The van der Waals surface area contributed by atoms with Crippen molar-refractivity contribution in [1.82, 2.24) is 14.8 Å². The first-order valence-electron chi connectivity index (χ1n) is 8.95. The van der Waals surface area contributed by atoms with E-state index < -0.39 is 0 Å². The monoisotopic (exact) mass is 408 g/mol. The van der Waals surface area contributed by atoms with Gasteiger partial charge < -0.3 is 10.1 Å². The lowest BCUT2D eigenvalue weighted by Gasteiger charge is -2.09. The number of benzene rings is 2. The molecule has 1 amide bonds. The number of carbonyl (C=O) groups is 1. The highest BCUT2D eigenvalue weighted by Gasteiger charge is 2.16. The molecule has 29 heavy (non-hydrogen) atoms. The van der Waals surface area contributed by atoms with Gasteiger partial charge in [-0.1, -0.05) is 24.3 Å². The maximum atomic E-state index is 13.7. The molecule has 1 N–H and O–H groups in total. The topological polar surface area (TPSA) is 69.0 Å². The molecule has 2 aromatic heterocycles. The standard InChI is InChI=1S/C21H17FN4O2S/c1-2-28-21-24-19(14-6-3-7-15(22)12-14)26(25-21)17-9-4-8-16(13-17)23-20(27)18-10-5-11-29-18/h3-13H,2H2,1H3,(H,23,27). The Bertz CT molecular complexity index is 1140. The molecule has 0 saturated heterocycles. The van der Waals surface area contributed by atoms with Gasteiger partial charge in [0.1, 0.15) is 5.82 Å². The first-order chi connectivity index (χ1) is 14.1. The molecule has 0 atom stereocenters. The maximum absolute atomic E-state index is 13.7. The molecule has 4 aromatic rings. The van der Waals surface area contributed by atoms with Crippen LogP contribution in [0.5, 0.6) is 6.01 Å². The Kier molecular flexibility index (Phi) is 5.35. The second-order valence-electron chi connectivity index (χ2n) is 6.05. The van der Waals surface area contributed by atoms with E-state index in [1.807, 2.05) is 24.4 Å². The van der Waals surface area contributed by atoms with Gasteiger partial charge in [0, 0.05) is 11.3 Å². The van der Waals surface area contributed by atoms with Gasteiger partial charge in [0.15, 0.2) is 5.82 Å². The normalized spacial score (nSPS) is 10.7. The number of nitrogens with one attached hydrogen (secondary N) is 1. The van der Waals surface area contributed by atoms with Crippen molar-refractivity contribution in [2.24, 2.45) is 0 Å². The van der Waals surface area contributed by atoms with Crippen LogP contribution in [0, 0.1) is 5.82 Å². The molecular weight excluding hydrogens is 391 g/mol. The second-order valence-corrected chi connectivity index (χ2v) is 7.00. The number of hydrogen-bond donors (Lipinski definition) is 1. The highest BCUT2D eigenvalue weighted by molar-refractivity contribution is 7.12. The van der Waals surface area contributed by atoms with E-state index in [4.69, 9.17) is 4.74 Å². The Balaban J connectivity index is 1.71. The summed E-state index contributed by atoms with van der Waals surface area (Å²) >= 11 is 1.37. The first kappa shape index (κ1) is 18.8. The minimum absolute atomic E-state index is 0.184. The SMILES string of the molecule is CCOc1nc(-c2cccc(F)c2)n(-c2cccc(NC(=O)c3cccs3)c2)n1. The lowest BCUT2D eigenvalue weighted by molar-refractivity contribution is 0.103. The molecule has 0 saturated carbocycles. The van der Waals surface area contributed by atoms with Gasteiger partial charge in [0.2, 0.25) is 0 Å². The van der Waals surface area contributed by atoms with Gasteiger partial charge in [-0.2, -0.15) is 4.98 Å². The van der Waals surface area contributed by atoms with Crippen molar-refractivity contribution in [2.45, 2.75) is 6.92 Å². The van der Waals surface area contributed by atoms with E-state index in [1.54, 1.807) is 41.1 Å². The van der Waals surface area contributed by atoms with Crippen molar-refractivity contribution in [3.05, 3.63) is 76.7 Å². The highest BCUT2D eigenvalue weighted by atomic mass is 32.1. The van der Waals surface area contributed by atoms with E-state index in [-0.39, 0.29) is 17.7 Å². The summed E-state index contributed by atoms with van der Waals surface area (Å²) in [7, 11) is 0. The smallest absolute Gasteiger partial charge is 0.336 e. The van der Waals surface area contributed by atoms with Crippen molar-refractivity contribution >= 4 is 22.9 Å². The van der Waals surface area contributed by atoms with Crippen molar-refractivity contribution in [3.63, 3.8) is 0 Å². The van der Waals surface area contributed by atoms with E-state index in [0.717, 1.165) is 0 Å². The number of aromatic nitrogens is 3. The fourth-order valence-electron chi connectivity index (χ4n) is 2.79. The van der Waals surface area contributed by atoms with Crippen LogP contribution >= 0.6 is 11.3 Å². The summed E-state index contributed by atoms with van der Waals surface area (Å²) in [4.78, 5) is 17.4. The Hall–Kier alpha value is -3.52. The fraction of sp³-hybridized carbons (Fsp3) is 0.0952. The number of anilines is 1. The zero-order chi connectivity index (χ0) is 20.2. The molecule has 4 rings (SSSR count). The molecule has 0 aliphatic rings. The summed E-state index contributed by atoms with van der Waals surface area (Å²) in [6.07, 6.45) is 0. The first-order valence-corrected chi connectivity index (χ1v) is 9.83. The number of rotatable bonds is 6. The number of amides is 1. The van der Waals surface area contributed by atoms with Crippen LogP contribution in [0.1, 0.15) is 16.6 Å². The molecule has 2 heterocycles. The fourth-order valence-corrected chi connectivity index (χ4v) is 3.41. The van der Waals surface area contributed by atoms with Gasteiger partial charge in [-0.3, -0.25) is 4.79 Å². The third-order valence-electron chi connectivity index (χ3n) is 4.04. The molecule has 0 spiro atoms. The van der Waals surface area contributed by atoms with Crippen LogP contribution in [-0.2, 0) is 0 Å². The minimum atomic E-state index is -0.369. The molecular formula is C21H17FN4O2S. The lowest BCUT2D eigenvalue weighted by Crippen LogP contribution is -2.10. The number of halogens is 1. The van der Waals surface area contributed by atoms with Gasteiger partial charge in [0.25, 0.3) is 5.91 Å². The zero-order valence-corrected chi connectivity index (χ0v) is 16.3. The van der Waals surface area contributed by atoms with Crippen molar-refractivity contribution < 1.29 is 13.9 Å². The van der Waals surface area contributed by atoms with E-state index in [9.17, 15) is 9.18 Å². The van der Waals surface area contributed by atoms with Crippen molar-refractivity contribution in [3.8, 4) is 23.1 Å². The molecule has 146 valence electrons. The average Bonchev–Trinajstić information content (AvgIpc) is 3.39. The Labute approximate surface area is 170 Å². The van der Waals surface area contributed by atoms with E-state index in [0.29, 0.717) is 34.2 Å². The number of ether oxygens (including phenoxy) is 1. The Morgan fingerprint density at radius 2 is 2.03 bits per heavy atom. The largest absolute Gasteiger partial charge is 0.463 e. The van der Waals surface area contributed by atoms with Crippen LogP contribution in [0.25, 0.3) is 17.1 Å². The maximum Gasteiger partial charge on any atom is 0.336 e. The van der Waals surface area contributed by atoms with Gasteiger partial charge in [-0.25, -0.2) is 9.07 Å². The third kappa shape index (κ3) is 4.17. The molecule has 6 nitrogen and oxygen atoms in total. The van der Waals surface area contributed by atoms with Crippen molar-refractivity contribution in [1.29, 1.82) is 0 Å². The molecule has 0 bridgehead atoms. The molecule has 0 aliphatic heterocycles. The summed E-state index contributed by atoms with van der Waals surface area (Å²) in [5.74, 6) is -0.113. The molecule has 0 unspecified atom stereocenters. The number of nitrogens with zero attached hydrogens (tertiary/aromatic N) is 3. The molecule has 2 aromatic carbocycles. The minimum Gasteiger partial charge on any atom is -0.463 e. The number of hydrogen-bond acceptors (Lipinski definition) is 5. The Morgan fingerprint density at radius 1 is 1.17 bits per heavy atom. The van der Waals surface area contributed by atoms with Gasteiger partial charge in [-0.15, -0.1) is 16.4 Å². The summed E-state index contributed by atoms with van der Waals surface area (Å²) in [5.41, 5.74) is 1.84. The van der Waals surface area contributed by atoms with Crippen LogP contribution in [0.4, 0.5) is 10.1 Å². The molecule has 8 heteroatoms. The molecule has 0 radical (unpaired) electrons. The highest BCUT2D eigenvalue weighted by Crippen LogP contribution is 2.26. The van der Waals surface area contributed by atoms with Crippen LogP contribution < -0.4 is 10.1 Å². The van der Waals surface area contributed by atoms with Gasteiger partial charge in [0.05, 0.1) is 17.2 Å². The van der Waals surface area contributed by atoms with Crippen LogP contribution in [0.3, 0.4) is 0 Å². The number of carbonyl (C=O) groups excluding carboxylic acids is 1. The van der Waals surface area contributed by atoms with Crippen LogP contribution in [0.2, 0.25) is 0 Å². The predicted octanol–water partition coefficient (Wildman–Crippen LogP) is 4.79. The van der Waals surface area contributed by atoms with E-state index >= 15 is 0 Å². The molecule has 0 aliphatic carbocycles. The van der Waals surface area contributed by atoms with Gasteiger partial charge in [-0.05, 0) is 48.7 Å². The Morgan fingerprint density at radius 3 is 2.79 bits per heavy atom.